The van der Waals surface area contributed by atoms with Crippen molar-refractivity contribution in [3.63, 3.8) is 0 Å². The summed E-state index contributed by atoms with van der Waals surface area (Å²) in [6, 6.07) is 0. The molecule has 82 valence electrons. The van der Waals surface area contributed by atoms with E-state index >= 15 is 0 Å². The summed E-state index contributed by atoms with van der Waals surface area (Å²) in [7, 11) is 2.17. The summed E-state index contributed by atoms with van der Waals surface area (Å²) in [5.74, 6) is 1.32. The number of carbonyl (C=O) groups is 1. The molecule has 0 heterocycles. The van der Waals surface area contributed by atoms with Crippen LogP contribution in [0.5, 0.6) is 0 Å². The molecule has 1 saturated carbocycles. The van der Waals surface area contributed by atoms with Gasteiger partial charge >= 0.3 is 0 Å². The Bertz CT molecular complexity index is 175. The third-order valence-electron chi connectivity index (χ3n) is 3.21. The Morgan fingerprint density at radius 1 is 1.36 bits per heavy atom. The quantitative estimate of drug-likeness (QED) is 0.625. The molecule has 0 unspecified atom stereocenters. The molecule has 1 rings (SSSR count). The molecule has 0 aromatic rings. The molecule has 2 nitrogen and oxygen atoms in total. The van der Waals surface area contributed by atoms with Gasteiger partial charge in [0.25, 0.3) is 0 Å². The summed E-state index contributed by atoms with van der Waals surface area (Å²) in [5, 5.41) is 0. The van der Waals surface area contributed by atoms with Gasteiger partial charge in [0.2, 0.25) is 0 Å². The second-order valence-electron chi connectivity index (χ2n) is 4.69. The molecule has 0 aliphatic heterocycles. The number of Topliss-reactive ketones (excluding diaryl/α,β-unsaturated/α-hetero) is 1. The van der Waals surface area contributed by atoms with Crippen LogP contribution in [0.3, 0.4) is 0 Å². The molecule has 2 heteroatoms. The van der Waals surface area contributed by atoms with Gasteiger partial charge in [-0.25, -0.2) is 0 Å². The normalized spacial score (nSPS) is 17.1. The molecule has 1 aliphatic rings. The van der Waals surface area contributed by atoms with Crippen molar-refractivity contribution < 1.29 is 4.79 Å². The summed E-state index contributed by atoms with van der Waals surface area (Å²) in [6.45, 7) is 3.96. The molecule has 14 heavy (non-hydrogen) atoms. The highest BCUT2D eigenvalue weighted by atomic mass is 16.1. The Morgan fingerprint density at radius 2 is 2.07 bits per heavy atom. The van der Waals surface area contributed by atoms with Gasteiger partial charge in [-0.05, 0) is 45.8 Å². The molecule has 0 radical (unpaired) electrons. The van der Waals surface area contributed by atoms with Crippen molar-refractivity contribution in [1.82, 2.24) is 4.90 Å². The first-order chi connectivity index (χ1) is 6.68. The predicted octanol–water partition coefficient (Wildman–Crippen LogP) is 2.48. The first-order valence-electron chi connectivity index (χ1n) is 5.86. The van der Waals surface area contributed by atoms with E-state index in [1.165, 1.54) is 32.2 Å². The third kappa shape index (κ3) is 4.75. The smallest absolute Gasteiger partial charge is 0.129 e. The van der Waals surface area contributed by atoms with Crippen molar-refractivity contribution >= 4 is 5.78 Å². The predicted molar refractivity (Wildman–Crippen MR) is 59.4 cm³/mol. The molecule has 0 bridgehead atoms. The van der Waals surface area contributed by atoms with Crippen LogP contribution in [0.1, 0.15) is 45.4 Å². The van der Waals surface area contributed by atoms with Gasteiger partial charge in [-0.1, -0.05) is 19.3 Å². The van der Waals surface area contributed by atoms with Crippen molar-refractivity contribution in [3.8, 4) is 0 Å². The van der Waals surface area contributed by atoms with E-state index in [4.69, 9.17) is 0 Å². The molecule has 0 amide bonds. The van der Waals surface area contributed by atoms with E-state index in [1.807, 2.05) is 0 Å². The van der Waals surface area contributed by atoms with Crippen LogP contribution in [0.4, 0.5) is 0 Å². The number of hydrogen-bond acceptors (Lipinski definition) is 2. The Labute approximate surface area is 87.7 Å². The average Bonchev–Trinajstić information content (AvgIpc) is 2.00. The molecular formula is C12H23NO. The van der Waals surface area contributed by atoms with E-state index < -0.39 is 0 Å². The van der Waals surface area contributed by atoms with Crippen molar-refractivity contribution in [2.75, 3.05) is 20.1 Å². The van der Waals surface area contributed by atoms with Crippen LogP contribution in [-0.4, -0.2) is 30.8 Å². The molecule has 0 atom stereocenters. The van der Waals surface area contributed by atoms with Crippen LogP contribution in [0, 0.1) is 5.92 Å². The first kappa shape index (κ1) is 11.7. The highest BCUT2D eigenvalue weighted by Crippen LogP contribution is 2.29. The van der Waals surface area contributed by atoms with Gasteiger partial charge in [0.1, 0.15) is 5.78 Å². The number of rotatable bonds is 7. The monoisotopic (exact) mass is 197 g/mol. The molecule has 0 aromatic heterocycles. The van der Waals surface area contributed by atoms with E-state index in [1.54, 1.807) is 6.92 Å². The Morgan fingerprint density at radius 3 is 2.57 bits per heavy atom. The maximum atomic E-state index is 10.7. The Hall–Kier alpha value is -0.370. The van der Waals surface area contributed by atoms with E-state index in [0.717, 1.165) is 25.3 Å². The summed E-state index contributed by atoms with van der Waals surface area (Å²) in [6.07, 6.45) is 7.46. The lowest BCUT2D eigenvalue weighted by Crippen LogP contribution is -2.25. The minimum absolute atomic E-state index is 0.317. The zero-order chi connectivity index (χ0) is 10.4. The first-order valence-corrected chi connectivity index (χ1v) is 5.86. The molecule has 0 N–H and O–H groups in total. The zero-order valence-electron chi connectivity index (χ0n) is 9.59. The number of ketones is 1. The van der Waals surface area contributed by atoms with Gasteiger partial charge in [-0.2, -0.15) is 0 Å². The third-order valence-corrected chi connectivity index (χ3v) is 3.21. The maximum Gasteiger partial charge on any atom is 0.129 e. The van der Waals surface area contributed by atoms with Crippen LogP contribution in [0.15, 0.2) is 0 Å². The zero-order valence-corrected chi connectivity index (χ0v) is 9.59. The lowest BCUT2D eigenvalue weighted by Gasteiger charge is -2.27. The summed E-state index contributed by atoms with van der Waals surface area (Å²) >= 11 is 0. The average molecular weight is 197 g/mol. The van der Waals surface area contributed by atoms with Gasteiger partial charge in [0.15, 0.2) is 0 Å². The van der Waals surface area contributed by atoms with E-state index in [0.29, 0.717) is 5.78 Å². The largest absolute Gasteiger partial charge is 0.306 e. The minimum Gasteiger partial charge on any atom is -0.306 e. The molecule has 0 spiro atoms. The molecular weight excluding hydrogens is 174 g/mol. The second-order valence-corrected chi connectivity index (χ2v) is 4.69. The number of carbonyl (C=O) groups excluding carboxylic acids is 1. The van der Waals surface area contributed by atoms with Crippen molar-refractivity contribution in [3.05, 3.63) is 0 Å². The molecule has 0 aromatic carbocycles. The molecule has 1 aliphatic carbocycles. The Kier molecular flexibility index (Phi) is 5.16. The molecule has 0 saturated heterocycles. The second kappa shape index (κ2) is 6.18. The summed E-state index contributed by atoms with van der Waals surface area (Å²) < 4.78 is 0. The van der Waals surface area contributed by atoms with Gasteiger partial charge in [-0.15, -0.1) is 0 Å². The highest BCUT2D eigenvalue weighted by Gasteiger charge is 2.17. The summed E-state index contributed by atoms with van der Waals surface area (Å²) in [4.78, 5) is 13.1. The highest BCUT2D eigenvalue weighted by molar-refractivity contribution is 5.75. The van der Waals surface area contributed by atoms with Crippen LogP contribution in [0.2, 0.25) is 0 Å². The standard InChI is InChI=1S/C12H23NO/c1-11(14)5-4-9-13(2)10-8-12-6-3-7-12/h12H,3-10H2,1-2H3. The van der Waals surface area contributed by atoms with Crippen LogP contribution >= 0.6 is 0 Å². The van der Waals surface area contributed by atoms with Crippen LogP contribution in [-0.2, 0) is 4.79 Å². The summed E-state index contributed by atoms with van der Waals surface area (Å²) in [5.41, 5.74) is 0. The van der Waals surface area contributed by atoms with E-state index in [9.17, 15) is 4.79 Å². The fraction of sp³-hybridized carbons (Fsp3) is 0.917. The van der Waals surface area contributed by atoms with Crippen molar-refractivity contribution in [1.29, 1.82) is 0 Å². The number of nitrogens with zero attached hydrogens (tertiary/aromatic N) is 1. The lowest BCUT2D eigenvalue weighted by atomic mass is 9.83. The minimum atomic E-state index is 0.317. The van der Waals surface area contributed by atoms with Gasteiger partial charge in [-0.3, -0.25) is 0 Å². The maximum absolute atomic E-state index is 10.7. The topological polar surface area (TPSA) is 20.3 Å². The van der Waals surface area contributed by atoms with Crippen molar-refractivity contribution in [2.45, 2.75) is 45.4 Å². The molecule has 1 fully saturated rings. The SMILES string of the molecule is CC(=O)CCCN(C)CCC1CCC1. The van der Waals surface area contributed by atoms with Gasteiger partial charge in [0, 0.05) is 6.42 Å². The fourth-order valence-electron chi connectivity index (χ4n) is 1.89. The fourth-order valence-corrected chi connectivity index (χ4v) is 1.89. The van der Waals surface area contributed by atoms with Gasteiger partial charge in [0.05, 0.1) is 0 Å². The van der Waals surface area contributed by atoms with Crippen LogP contribution in [0.25, 0.3) is 0 Å². The van der Waals surface area contributed by atoms with E-state index in [-0.39, 0.29) is 0 Å². The number of hydrogen-bond donors (Lipinski definition) is 0. The van der Waals surface area contributed by atoms with Crippen LogP contribution < -0.4 is 0 Å². The van der Waals surface area contributed by atoms with Gasteiger partial charge < -0.3 is 9.69 Å². The Balaban J connectivity index is 1.92. The lowest BCUT2D eigenvalue weighted by molar-refractivity contribution is -0.117. The van der Waals surface area contributed by atoms with Crippen molar-refractivity contribution in [2.24, 2.45) is 5.92 Å². The van der Waals surface area contributed by atoms with E-state index in [2.05, 4.69) is 11.9 Å².